The molecule has 0 bridgehead atoms. The maximum absolute atomic E-state index is 11.7. The first kappa shape index (κ1) is 10.7. The van der Waals surface area contributed by atoms with Gasteiger partial charge in [-0.25, -0.2) is 0 Å². The second-order valence-electron chi connectivity index (χ2n) is 3.92. The second kappa shape index (κ2) is 4.00. The Morgan fingerprint density at radius 1 is 1.38 bits per heavy atom. The first-order valence-electron chi connectivity index (χ1n) is 5.28. The Bertz CT molecular complexity index is 410. The maximum Gasteiger partial charge on any atom is 0.232 e. The van der Waals surface area contributed by atoms with Crippen molar-refractivity contribution in [1.29, 1.82) is 0 Å². The molecule has 1 fully saturated rings. The van der Waals surface area contributed by atoms with Crippen molar-refractivity contribution in [2.75, 3.05) is 12.0 Å². The average Bonchev–Trinajstić information content (AvgIpc) is 2.34. The van der Waals surface area contributed by atoms with E-state index in [1.807, 2.05) is 37.3 Å². The molecule has 1 aliphatic rings. The van der Waals surface area contributed by atoms with E-state index in [1.165, 1.54) is 0 Å². The van der Waals surface area contributed by atoms with Gasteiger partial charge in [-0.3, -0.25) is 4.79 Å². The van der Waals surface area contributed by atoms with Crippen LogP contribution >= 0.6 is 0 Å². The molecule has 2 atom stereocenters. The summed E-state index contributed by atoms with van der Waals surface area (Å²) in [5.74, 6) is 0.981. The molecule has 1 aliphatic heterocycles. The van der Waals surface area contributed by atoms with Crippen molar-refractivity contribution in [3.8, 4) is 5.75 Å². The number of amides is 1. The summed E-state index contributed by atoms with van der Waals surface area (Å²) in [6, 6.07) is 7.59. The SMILES string of the molecule is C=CC1C(C)C(=O)N1c1ccc(OC)cc1. The fourth-order valence-electron chi connectivity index (χ4n) is 2.01. The molecule has 1 aromatic rings. The lowest BCUT2D eigenvalue weighted by atomic mass is 9.88. The Kier molecular flexibility index (Phi) is 2.69. The molecule has 1 heterocycles. The van der Waals surface area contributed by atoms with Gasteiger partial charge in [0.1, 0.15) is 5.75 Å². The van der Waals surface area contributed by atoms with Crippen LogP contribution in [0.4, 0.5) is 5.69 Å². The van der Waals surface area contributed by atoms with E-state index in [4.69, 9.17) is 4.74 Å². The summed E-state index contributed by atoms with van der Waals surface area (Å²) in [6.07, 6.45) is 1.82. The number of carbonyl (C=O) groups excluding carboxylic acids is 1. The van der Waals surface area contributed by atoms with Gasteiger partial charge < -0.3 is 9.64 Å². The lowest BCUT2D eigenvalue weighted by Gasteiger charge is -2.44. The molecular weight excluding hydrogens is 202 g/mol. The topological polar surface area (TPSA) is 29.5 Å². The number of ether oxygens (including phenoxy) is 1. The van der Waals surface area contributed by atoms with Crippen molar-refractivity contribution >= 4 is 11.6 Å². The smallest absolute Gasteiger partial charge is 0.232 e. The number of β-lactam (4-membered cyclic amide) rings is 1. The molecule has 2 rings (SSSR count). The van der Waals surface area contributed by atoms with Gasteiger partial charge in [-0.1, -0.05) is 13.0 Å². The minimum atomic E-state index is 0.0413. The summed E-state index contributed by atoms with van der Waals surface area (Å²) < 4.78 is 5.08. The molecule has 0 aromatic heterocycles. The Labute approximate surface area is 95.3 Å². The van der Waals surface area contributed by atoms with E-state index in [2.05, 4.69) is 6.58 Å². The van der Waals surface area contributed by atoms with Gasteiger partial charge in [-0.15, -0.1) is 6.58 Å². The summed E-state index contributed by atoms with van der Waals surface area (Å²) >= 11 is 0. The summed E-state index contributed by atoms with van der Waals surface area (Å²) in [5, 5.41) is 0. The van der Waals surface area contributed by atoms with Crippen LogP contribution in [0.2, 0.25) is 0 Å². The zero-order chi connectivity index (χ0) is 11.7. The fraction of sp³-hybridized carbons (Fsp3) is 0.308. The molecule has 1 amide bonds. The first-order valence-corrected chi connectivity index (χ1v) is 5.28. The third-order valence-electron chi connectivity index (χ3n) is 3.03. The molecule has 1 aromatic carbocycles. The van der Waals surface area contributed by atoms with Crippen molar-refractivity contribution in [3.63, 3.8) is 0 Å². The van der Waals surface area contributed by atoms with E-state index in [1.54, 1.807) is 12.0 Å². The molecule has 0 radical (unpaired) electrons. The highest BCUT2D eigenvalue weighted by molar-refractivity contribution is 6.03. The van der Waals surface area contributed by atoms with Crippen LogP contribution in [0.5, 0.6) is 5.75 Å². The minimum Gasteiger partial charge on any atom is -0.497 e. The zero-order valence-corrected chi connectivity index (χ0v) is 9.51. The van der Waals surface area contributed by atoms with Crippen LogP contribution in [0.15, 0.2) is 36.9 Å². The average molecular weight is 217 g/mol. The van der Waals surface area contributed by atoms with E-state index < -0.39 is 0 Å². The number of rotatable bonds is 3. The summed E-state index contributed by atoms with van der Waals surface area (Å²) in [4.78, 5) is 13.5. The number of benzene rings is 1. The third kappa shape index (κ3) is 1.48. The molecule has 1 saturated heterocycles. The Hall–Kier alpha value is -1.77. The predicted molar refractivity (Wildman–Crippen MR) is 63.6 cm³/mol. The van der Waals surface area contributed by atoms with E-state index in [0.717, 1.165) is 11.4 Å². The molecule has 0 aliphatic carbocycles. The van der Waals surface area contributed by atoms with Crippen LogP contribution in [0.25, 0.3) is 0 Å². The summed E-state index contributed by atoms with van der Waals surface area (Å²) in [7, 11) is 1.62. The largest absolute Gasteiger partial charge is 0.497 e. The zero-order valence-electron chi connectivity index (χ0n) is 9.51. The standard InChI is InChI=1S/C13H15NO2/c1-4-12-9(2)13(15)14(12)10-5-7-11(16-3)8-6-10/h4-9,12H,1H2,2-3H3. The molecule has 2 unspecified atom stereocenters. The van der Waals surface area contributed by atoms with Gasteiger partial charge in [0.05, 0.1) is 19.1 Å². The number of anilines is 1. The van der Waals surface area contributed by atoms with Gasteiger partial charge in [0.2, 0.25) is 5.91 Å². The predicted octanol–water partition coefficient (Wildman–Crippen LogP) is 2.23. The van der Waals surface area contributed by atoms with Crippen molar-refractivity contribution < 1.29 is 9.53 Å². The third-order valence-corrected chi connectivity index (χ3v) is 3.03. The van der Waals surface area contributed by atoms with Crippen LogP contribution in [0.3, 0.4) is 0 Å². The Morgan fingerprint density at radius 3 is 2.50 bits per heavy atom. The maximum atomic E-state index is 11.7. The second-order valence-corrected chi connectivity index (χ2v) is 3.92. The Morgan fingerprint density at radius 2 is 2.00 bits per heavy atom. The first-order chi connectivity index (χ1) is 7.69. The van der Waals surface area contributed by atoms with Crippen LogP contribution in [0, 0.1) is 5.92 Å². The van der Waals surface area contributed by atoms with E-state index in [9.17, 15) is 4.79 Å². The van der Waals surface area contributed by atoms with Crippen molar-refractivity contribution in [3.05, 3.63) is 36.9 Å². The number of hydrogen-bond donors (Lipinski definition) is 0. The molecule has 0 spiro atoms. The number of carbonyl (C=O) groups is 1. The lowest BCUT2D eigenvalue weighted by molar-refractivity contribution is -0.128. The lowest BCUT2D eigenvalue weighted by Crippen LogP contribution is -2.59. The van der Waals surface area contributed by atoms with E-state index >= 15 is 0 Å². The fourth-order valence-corrected chi connectivity index (χ4v) is 2.01. The normalized spacial score (nSPS) is 23.9. The molecule has 3 nitrogen and oxygen atoms in total. The highest BCUT2D eigenvalue weighted by Crippen LogP contribution is 2.33. The monoisotopic (exact) mass is 217 g/mol. The molecular formula is C13H15NO2. The quantitative estimate of drug-likeness (QED) is 0.574. The highest BCUT2D eigenvalue weighted by Gasteiger charge is 2.42. The van der Waals surface area contributed by atoms with Crippen LogP contribution in [-0.4, -0.2) is 19.1 Å². The summed E-state index contributed by atoms with van der Waals surface area (Å²) in [6.45, 7) is 5.68. The van der Waals surface area contributed by atoms with E-state index in [-0.39, 0.29) is 17.9 Å². The molecule has 3 heteroatoms. The van der Waals surface area contributed by atoms with Crippen LogP contribution in [-0.2, 0) is 4.79 Å². The van der Waals surface area contributed by atoms with Gasteiger partial charge in [0, 0.05) is 5.69 Å². The van der Waals surface area contributed by atoms with Crippen LogP contribution < -0.4 is 9.64 Å². The van der Waals surface area contributed by atoms with Gasteiger partial charge in [0.15, 0.2) is 0 Å². The van der Waals surface area contributed by atoms with Crippen molar-refractivity contribution in [2.24, 2.45) is 5.92 Å². The Balaban J connectivity index is 2.24. The van der Waals surface area contributed by atoms with Gasteiger partial charge in [-0.05, 0) is 24.3 Å². The minimum absolute atomic E-state index is 0.0413. The van der Waals surface area contributed by atoms with E-state index in [0.29, 0.717) is 0 Å². The van der Waals surface area contributed by atoms with Crippen molar-refractivity contribution in [1.82, 2.24) is 0 Å². The number of hydrogen-bond acceptors (Lipinski definition) is 2. The number of nitrogens with zero attached hydrogens (tertiary/aromatic N) is 1. The van der Waals surface area contributed by atoms with Crippen LogP contribution in [0.1, 0.15) is 6.92 Å². The van der Waals surface area contributed by atoms with Crippen molar-refractivity contribution in [2.45, 2.75) is 13.0 Å². The van der Waals surface area contributed by atoms with Gasteiger partial charge in [0.25, 0.3) is 0 Å². The number of methoxy groups -OCH3 is 1. The molecule has 0 saturated carbocycles. The molecule has 0 N–H and O–H groups in total. The summed E-state index contributed by atoms with van der Waals surface area (Å²) in [5.41, 5.74) is 0.897. The van der Waals surface area contributed by atoms with Gasteiger partial charge in [-0.2, -0.15) is 0 Å². The molecule has 84 valence electrons. The van der Waals surface area contributed by atoms with Gasteiger partial charge >= 0.3 is 0 Å². The highest BCUT2D eigenvalue weighted by atomic mass is 16.5. The molecule has 16 heavy (non-hydrogen) atoms.